The van der Waals surface area contributed by atoms with Crippen molar-refractivity contribution in [2.24, 2.45) is 5.41 Å². The van der Waals surface area contributed by atoms with Crippen molar-refractivity contribution in [2.75, 3.05) is 19.7 Å². The largest absolute Gasteiger partial charge is 0.493 e. The molecule has 1 aliphatic heterocycles. The van der Waals surface area contributed by atoms with Crippen LogP contribution < -0.4 is 10.1 Å². The monoisotopic (exact) mass is 406 g/mol. The van der Waals surface area contributed by atoms with Gasteiger partial charge in [0.25, 0.3) is 0 Å². The van der Waals surface area contributed by atoms with Gasteiger partial charge in [0.1, 0.15) is 5.75 Å². The van der Waals surface area contributed by atoms with Gasteiger partial charge in [0.2, 0.25) is 5.91 Å². The highest BCUT2D eigenvalue weighted by atomic mass is 35.5. The molecule has 2 fully saturated rings. The third-order valence-corrected chi connectivity index (χ3v) is 6.44. The number of ether oxygens (including phenoxy) is 1. The van der Waals surface area contributed by atoms with Gasteiger partial charge >= 0.3 is 0 Å². The second kappa shape index (κ2) is 9.09. The Labute approximate surface area is 171 Å². The van der Waals surface area contributed by atoms with E-state index in [-0.39, 0.29) is 18.3 Å². The van der Waals surface area contributed by atoms with E-state index in [0.29, 0.717) is 24.5 Å². The average molecular weight is 407 g/mol. The van der Waals surface area contributed by atoms with E-state index in [1.807, 2.05) is 30.3 Å². The van der Waals surface area contributed by atoms with Crippen LogP contribution in [0.4, 0.5) is 0 Å². The number of carbonyl (C=O) groups is 1. The molecule has 146 valence electrons. The molecule has 1 N–H and O–H groups in total. The van der Waals surface area contributed by atoms with Crippen molar-refractivity contribution in [1.29, 1.82) is 0 Å². The summed E-state index contributed by atoms with van der Waals surface area (Å²) in [6, 6.07) is 12.2. The lowest BCUT2D eigenvalue weighted by Gasteiger charge is -2.29. The number of halogens is 1. The summed E-state index contributed by atoms with van der Waals surface area (Å²) in [6.07, 6.45) is 3.96. The highest BCUT2D eigenvalue weighted by Gasteiger charge is 2.57. The van der Waals surface area contributed by atoms with Crippen LogP contribution in [0.2, 0.25) is 0 Å². The number of amides is 1. The zero-order valence-electron chi connectivity index (χ0n) is 15.4. The van der Waals surface area contributed by atoms with E-state index < -0.39 is 0 Å². The zero-order chi connectivity index (χ0) is 17.8. The van der Waals surface area contributed by atoms with Gasteiger partial charge in [-0.15, -0.1) is 12.4 Å². The van der Waals surface area contributed by atoms with Gasteiger partial charge in [-0.3, -0.25) is 4.79 Å². The summed E-state index contributed by atoms with van der Waals surface area (Å²) < 4.78 is 5.74. The maximum Gasteiger partial charge on any atom is 0.226 e. The predicted molar refractivity (Wildman–Crippen MR) is 112 cm³/mol. The van der Waals surface area contributed by atoms with Crippen LogP contribution in [0.25, 0.3) is 0 Å². The number of benzene rings is 1. The fraction of sp³-hybridized carbons (Fsp3) is 0.476. The molecule has 1 aromatic carbocycles. The lowest BCUT2D eigenvalue weighted by molar-refractivity contribution is -0.133. The van der Waals surface area contributed by atoms with Crippen LogP contribution in [0.3, 0.4) is 0 Å². The number of thiophene rings is 1. The van der Waals surface area contributed by atoms with Gasteiger partial charge in [-0.1, -0.05) is 18.2 Å². The molecule has 1 aromatic heterocycles. The van der Waals surface area contributed by atoms with Gasteiger partial charge in [0.15, 0.2) is 0 Å². The average Bonchev–Trinajstić information content (AvgIpc) is 3.10. The number of hydrogen-bond donors (Lipinski definition) is 1. The highest BCUT2D eigenvalue weighted by Crippen LogP contribution is 2.56. The summed E-state index contributed by atoms with van der Waals surface area (Å²) in [6.45, 7) is 3.32. The predicted octanol–water partition coefficient (Wildman–Crippen LogP) is 4.11. The van der Waals surface area contributed by atoms with Crippen molar-refractivity contribution in [2.45, 2.75) is 38.3 Å². The van der Waals surface area contributed by atoms with Crippen molar-refractivity contribution in [3.8, 4) is 5.75 Å². The normalized spacial score (nSPS) is 19.9. The first-order valence-corrected chi connectivity index (χ1v) is 10.4. The molecule has 0 radical (unpaired) electrons. The Morgan fingerprint density at radius 3 is 2.70 bits per heavy atom. The quantitative estimate of drug-likeness (QED) is 0.752. The summed E-state index contributed by atoms with van der Waals surface area (Å²) in [5.41, 5.74) is 1.60. The van der Waals surface area contributed by atoms with Gasteiger partial charge in [-0.2, -0.15) is 11.3 Å². The van der Waals surface area contributed by atoms with Crippen LogP contribution in [0.15, 0.2) is 47.2 Å². The fourth-order valence-corrected chi connectivity index (χ4v) is 4.76. The van der Waals surface area contributed by atoms with Crippen LogP contribution in [-0.4, -0.2) is 36.5 Å². The standard InChI is InChI=1S/C21H26N2O2S.ClH/c24-20(6-12-25-18-4-2-1-3-5-18)23(15-17-7-13-26-16-17)19-14-21(19)8-10-22-11-9-21;/h1-5,7,13,16,19,22H,6,8-12,14-15H2;1H. The van der Waals surface area contributed by atoms with Gasteiger partial charge < -0.3 is 15.0 Å². The second-order valence-electron chi connectivity index (χ2n) is 7.40. The highest BCUT2D eigenvalue weighted by molar-refractivity contribution is 7.07. The Hall–Kier alpha value is -1.56. The Kier molecular flexibility index (Phi) is 6.79. The molecule has 0 bridgehead atoms. The molecule has 4 nitrogen and oxygen atoms in total. The van der Waals surface area contributed by atoms with Gasteiger partial charge in [-0.25, -0.2) is 0 Å². The lowest BCUT2D eigenvalue weighted by atomic mass is 9.93. The molecule has 2 aliphatic rings. The molecule has 27 heavy (non-hydrogen) atoms. The van der Waals surface area contributed by atoms with E-state index in [0.717, 1.165) is 31.8 Å². The van der Waals surface area contributed by atoms with Crippen molar-refractivity contribution in [3.05, 3.63) is 52.7 Å². The van der Waals surface area contributed by atoms with E-state index in [1.165, 1.54) is 18.4 Å². The molecule has 1 atom stereocenters. The molecule has 1 saturated carbocycles. The fourth-order valence-electron chi connectivity index (χ4n) is 4.10. The minimum absolute atomic E-state index is 0. The summed E-state index contributed by atoms with van der Waals surface area (Å²) in [4.78, 5) is 15.1. The number of piperidine rings is 1. The number of para-hydroxylation sites is 1. The summed E-state index contributed by atoms with van der Waals surface area (Å²) in [7, 11) is 0. The van der Waals surface area contributed by atoms with Crippen LogP contribution in [0.5, 0.6) is 5.75 Å². The van der Waals surface area contributed by atoms with E-state index in [1.54, 1.807) is 11.3 Å². The molecule has 1 spiro atoms. The van der Waals surface area contributed by atoms with Crippen LogP contribution in [0, 0.1) is 5.41 Å². The lowest BCUT2D eigenvalue weighted by Crippen LogP contribution is -2.39. The van der Waals surface area contributed by atoms with E-state index >= 15 is 0 Å². The van der Waals surface area contributed by atoms with Gasteiger partial charge in [-0.05, 0) is 72.3 Å². The number of nitrogens with zero attached hydrogens (tertiary/aromatic N) is 1. The Bertz CT molecular complexity index is 717. The van der Waals surface area contributed by atoms with E-state index in [2.05, 4.69) is 27.0 Å². The first-order valence-electron chi connectivity index (χ1n) is 9.46. The van der Waals surface area contributed by atoms with Crippen LogP contribution in [0.1, 0.15) is 31.2 Å². The molecule has 1 amide bonds. The van der Waals surface area contributed by atoms with Crippen LogP contribution in [-0.2, 0) is 11.3 Å². The molecule has 2 aromatic rings. The van der Waals surface area contributed by atoms with Crippen molar-refractivity contribution in [1.82, 2.24) is 10.2 Å². The number of nitrogens with one attached hydrogen (secondary N) is 1. The number of carbonyl (C=O) groups excluding carboxylic acids is 1. The van der Waals surface area contributed by atoms with Crippen molar-refractivity contribution < 1.29 is 9.53 Å². The van der Waals surface area contributed by atoms with Crippen LogP contribution >= 0.6 is 23.7 Å². The number of hydrogen-bond acceptors (Lipinski definition) is 4. The van der Waals surface area contributed by atoms with E-state index in [9.17, 15) is 4.79 Å². The van der Waals surface area contributed by atoms with Gasteiger partial charge in [0, 0.05) is 12.6 Å². The van der Waals surface area contributed by atoms with Crippen molar-refractivity contribution in [3.63, 3.8) is 0 Å². The Morgan fingerprint density at radius 2 is 2.00 bits per heavy atom. The molecule has 1 saturated heterocycles. The van der Waals surface area contributed by atoms with Gasteiger partial charge in [0.05, 0.1) is 13.0 Å². The second-order valence-corrected chi connectivity index (χ2v) is 8.18. The topological polar surface area (TPSA) is 41.6 Å². The molecule has 1 aliphatic carbocycles. The Balaban J connectivity index is 0.00000210. The third kappa shape index (κ3) is 4.84. The zero-order valence-corrected chi connectivity index (χ0v) is 17.1. The van der Waals surface area contributed by atoms with Crippen molar-refractivity contribution >= 4 is 29.7 Å². The minimum atomic E-state index is 0. The SMILES string of the molecule is Cl.O=C(CCOc1ccccc1)N(Cc1ccsc1)C1CC12CCNCC2. The first-order chi connectivity index (χ1) is 12.8. The molecular formula is C21H27ClN2O2S. The summed E-state index contributed by atoms with van der Waals surface area (Å²) in [5, 5.41) is 7.68. The maximum absolute atomic E-state index is 13.0. The summed E-state index contributed by atoms with van der Waals surface area (Å²) in [5.74, 6) is 1.04. The molecule has 2 heterocycles. The smallest absolute Gasteiger partial charge is 0.226 e. The first kappa shape index (κ1) is 20.2. The molecule has 6 heteroatoms. The maximum atomic E-state index is 13.0. The Morgan fingerprint density at radius 1 is 1.22 bits per heavy atom. The third-order valence-electron chi connectivity index (χ3n) is 5.70. The molecular weight excluding hydrogens is 380 g/mol. The molecule has 4 rings (SSSR count). The minimum Gasteiger partial charge on any atom is -0.493 e. The summed E-state index contributed by atoms with van der Waals surface area (Å²) >= 11 is 1.69. The molecule has 1 unspecified atom stereocenters. The number of rotatable bonds is 7. The van der Waals surface area contributed by atoms with E-state index in [4.69, 9.17) is 4.74 Å².